The first-order valence-electron chi connectivity index (χ1n) is 8.75. The molecule has 2 heterocycles. The van der Waals surface area contributed by atoms with Crippen LogP contribution in [0.5, 0.6) is 0 Å². The largest absolute Gasteiger partial charge is 0.392 e. The number of pyridine rings is 2. The van der Waals surface area contributed by atoms with E-state index in [0.29, 0.717) is 12.1 Å². The summed E-state index contributed by atoms with van der Waals surface area (Å²) in [6, 6.07) is 13.7. The molecule has 0 spiro atoms. The van der Waals surface area contributed by atoms with Gasteiger partial charge >= 0.3 is 15.2 Å². The van der Waals surface area contributed by atoms with Crippen molar-refractivity contribution in [1.29, 1.82) is 0 Å². The minimum Gasteiger partial charge on any atom is -0.321 e. The van der Waals surface area contributed by atoms with Crippen molar-refractivity contribution in [3.8, 4) is 11.1 Å². The summed E-state index contributed by atoms with van der Waals surface area (Å²) in [6.45, 7) is 1.78. The Morgan fingerprint density at radius 3 is 1.86 bits per heavy atom. The Morgan fingerprint density at radius 1 is 0.828 bits per heavy atom. The van der Waals surface area contributed by atoms with Gasteiger partial charge in [0, 0.05) is 36.8 Å². The lowest BCUT2D eigenvalue weighted by Gasteiger charge is -2.09. The van der Waals surface area contributed by atoms with Crippen molar-refractivity contribution >= 4 is 20.5 Å². The Kier molecular flexibility index (Phi) is 6.15. The molecule has 4 N–H and O–H groups in total. The molecule has 0 saturated carbocycles. The molecule has 0 aliphatic rings. The Labute approximate surface area is 168 Å². The maximum absolute atomic E-state index is 11.7. The van der Waals surface area contributed by atoms with Crippen LogP contribution in [0, 0.1) is 0 Å². The topological polar surface area (TPSA) is 123 Å². The Bertz CT molecular complexity index is 1090. The van der Waals surface area contributed by atoms with E-state index in [2.05, 4.69) is 0 Å². The molecule has 1 unspecified atom stereocenters. The van der Waals surface area contributed by atoms with Crippen molar-refractivity contribution in [2.75, 3.05) is 0 Å². The van der Waals surface area contributed by atoms with E-state index >= 15 is 0 Å². The molecule has 0 aliphatic heterocycles. The zero-order chi connectivity index (χ0) is 21.2. The molecule has 2 aromatic heterocycles. The van der Waals surface area contributed by atoms with Crippen molar-refractivity contribution in [3.05, 3.63) is 78.9 Å². The first-order valence-corrected chi connectivity index (χ1v) is 12.0. The van der Waals surface area contributed by atoms with Gasteiger partial charge in [0.2, 0.25) is 0 Å². The smallest absolute Gasteiger partial charge is 0.321 e. The second-order valence-electron chi connectivity index (χ2n) is 6.69. The van der Waals surface area contributed by atoms with Crippen LogP contribution in [0.25, 0.3) is 11.1 Å². The highest BCUT2D eigenvalue weighted by Gasteiger charge is 2.32. The minimum absolute atomic E-state index is 0.0170. The highest BCUT2D eigenvalue weighted by Crippen LogP contribution is 2.45. The molecule has 3 rings (SSSR count). The highest BCUT2D eigenvalue weighted by atomic mass is 31.2. The SMILES string of the molecule is CC([n+]1ccc(-c2cc[n+](Cc3ccccc3P(=O)(O)O)cc2)cc1)P(=O)(O)O. The summed E-state index contributed by atoms with van der Waals surface area (Å²) in [5.74, 6) is -0.941. The predicted octanol–water partition coefficient (Wildman–Crippen LogP) is 1.48. The van der Waals surface area contributed by atoms with E-state index in [-0.39, 0.29) is 5.30 Å². The van der Waals surface area contributed by atoms with Crippen LogP contribution in [-0.4, -0.2) is 19.6 Å². The van der Waals surface area contributed by atoms with E-state index in [9.17, 15) is 28.7 Å². The molecule has 29 heavy (non-hydrogen) atoms. The van der Waals surface area contributed by atoms with Gasteiger partial charge in [-0.25, -0.2) is 4.57 Å². The zero-order valence-corrected chi connectivity index (χ0v) is 17.4. The van der Waals surface area contributed by atoms with Gasteiger partial charge in [0.05, 0.1) is 5.30 Å². The predicted molar refractivity (Wildman–Crippen MR) is 106 cm³/mol. The van der Waals surface area contributed by atoms with Crippen LogP contribution in [0.4, 0.5) is 0 Å². The Morgan fingerprint density at radius 2 is 1.34 bits per heavy atom. The normalized spacial score (nSPS) is 13.3. The van der Waals surface area contributed by atoms with Crippen LogP contribution < -0.4 is 14.4 Å². The maximum Gasteiger partial charge on any atom is 0.392 e. The van der Waals surface area contributed by atoms with Crippen LogP contribution in [0.3, 0.4) is 0 Å². The molecule has 0 aliphatic carbocycles. The molecule has 1 atom stereocenters. The summed E-state index contributed by atoms with van der Waals surface area (Å²) in [4.78, 5) is 37.6. The highest BCUT2D eigenvalue weighted by molar-refractivity contribution is 7.60. The van der Waals surface area contributed by atoms with Crippen molar-refractivity contribution in [3.63, 3.8) is 0 Å². The lowest BCUT2D eigenvalue weighted by atomic mass is 10.1. The fraction of sp³-hybridized carbons (Fsp3) is 0.158. The number of benzene rings is 1. The minimum atomic E-state index is -4.35. The van der Waals surface area contributed by atoms with Gasteiger partial charge in [-0.15, -0.1) is 0 Å². The summed E-state index contributed by atoms with van der Waals surface area (Å²) in [7, 11) is -8.56. The van der Waals surface area contributed by atoms with Gasteiger partial charge in [0.25, 0.3) is 5.78 Å². The Hall–Kier alpha value is -2.18. The molecule has 0 amide bonds. The molecule has 10 heteroatoms. The van der Waals surface area contributed by atoms with E-state index in [0.717, 1.165) is 11.1 Å². The molecule has 0 fully saturated rings. The van der Waals surface area contributed by atoms with Gasteiger partial charge in [-0.1, -0.05) is 18.2 Å². The fourth-order valence-corrected chi connectivity index (χ4v) is 4.23. The third kappa shape index (κ3) is 5.25. The van der Waals surface area contributed by atoms with Crippen molar-refractivity contribution < 1.29 is 37.8 Å². The number of hydrogen-bond acceptors (Lipinski definition) is 2. The van der Waals surface area contributed by atoms with Crippen molar-refractivity contribution in [1.82, 2.24) is 0 Å². The summed E-state index contributed by atoms with van der Waals surface area (Å²) in [6.07, 6.45) is 6.86. The van der Waals surface area contributed by atoms with Crippen molar-refractivity contribution in [2.24, 2.45) is 0 Å². The first kappa shape index (κ1) is 21.5. The summed E-state index contributed by atoms with van der Waals surface area (Å²) in [5, 5.41) is 0.0170. The number of nitrogens with zero attached hydrogens (tertiary/aromatic N) is 2. The molecular formula is C19H22N2O6P2+2. The first-order chi connectivity index (χ1) is 13.6. The van der Waals surface area contributed by atoms with Gasteiger partial charge in [0.15, 0.2) is 31.3 Å². The van der Waals surface area contributed by atoms with Crippen LogP contribution in [-0.2, 0) is 15.7 Å². The summed E-state index contributed by atoms with van der Waals surface area (Å²) < 4.78 is 26.3. The van der Waals surface area contributed by atoms with Crippen LogP contribution >= 0.6 is 15.2 Å². The third-order valence-electron chi connectivity index (χ3n) is 4.65. The lowest BCUT2D eigenvalue weighted by molar-refractivity contribution is -0.701. The van der Waals surface area contributed by atoms with Gasteiger partial charge in [0.1, 0.15) is 0 Å². The molecular weight excluding hydrogens is 414 g/mol. The van der Waals surface area contributed by atoms with E-state index in [1.165, 1.54) is 17.6 Å². The molecule has 8 nitrogen and oxygen atoms in total. The second kappa shape index (κ2) is 8.28. The molecule has 3 aromatic rings. The average Bonchev–Trinajstić information content (AvgIpc) is 2.67. The Balaban J connectivity index is 1.80. The third-order valence-corrected chi connectivity index (χ3v) is 6.96. The number of rotatable bonds is 6. The zero-order valence-electron chi connectivity index (χ0n) is 15.6. The van der Waals surface area contributed by atoms with E-state index in [4.69, 9.17) is 0 Å². The van der Waals surface area contributed by atoms with E-state index in [1.54, 1.807) is 42.7 Å². The van der Waals surface area contributed by atoms with Crippen molar-refractivity contribution in [2.45, 2.75) is 19.3 Å². The van der Waals surface area contributed by atoms with Crippen LogP contribution in [0.2, 0.25) is 0 Å². The maximum atomic E-state index is 11.7. The number of aromatic nitrogens is 2. The quantitative estimate of drug-likeness (QED) is 0.343. The molecule has 0 bridgehead atoms. The van der Waals surface area contributed by atoms with E-state index < -0.39 is 21.0 Å². The second-order valence-corrected chi connectivity index (χ2v) is 10.2. The number of hydrogen-bond donors (Lipinski definition) is 4. The lowest BCUT2D eigenvalue weighted by Crippen LogP contribution is -2.36. The summed E-state index contributed by atoms with van der Waals surface area (Å²) >= 11 is 0. The fourth-order valence-electron chi connectivity index (χ4n) is 2.93. The molecule has 0 saturated heterocycles. The molecule has 1 aromatic carbocycles. The van der Waals surface area contributed by atoms with Gasteiger partial charge < -0.3 is 19.6 Å². The van der Waals surface area contributed by atoms with Gasteiger partial charge in [-0.2, -0.15) is 4.57 Å². The van der Waals surface area contributed by atoms with Gasteiger partial charge in [-0.05, 0) is 17.2 Å². The standard InChI is InChI=1S/C19H20N2O6P2/c1-15(28(22,23)24)21-12-8-17(9-13-21)16-6-10-20(11-7-16)14-18-4-2-3-5-19(18)29(25,26)27/h2-13,15H,14H2,1H3,(H2-2,22,23,24,25,26,27)/p+2. The van der Waals surface area contributed by atoms with Crippen LogP contribution in [0.1, 0.15) is 18.3 Å². The average molecular weight is 436 g/mol. The van der Waals surface area contributed by atoms with Gasteiger partial charge in [-0.3, -0.25) is 9.13 Å². The monoisotopic (exact) mass is 436 g/mol. The molecule has 0 radical (unpaired) electrons. The van der Waals surface area contributed by atoms with E-state index in [1.807, 2.05) is 29.1 Å². The molecule has 152 valence electrons. The summed E-state index contributed by atoms with van der Waals surface area (Å²) in [5.41, 5.74) is 2.33. The van der Waals surface area contributed by atoms with Crippen LogP contribution in [0.15, 0.2) is 73.3 Å².